The first-order valence-corrected chi connectivity index (χ1v) is 7.23. The van der Waals surface area contributed by atoms with Gasteiger partial charge >= 0.3 is 0 Å². The van der Waals surface area contributed by atoms with Crippen molar-refractivity contribution in [2.24, 2.45) is 0 Å². The van der Waals surface area contributed by atoms with Crippen molar-refractivity contribution in [1.29, 1.82) is 0 Å². The molecule has 2 nitrogen and oxygen atoms in total. The minimum Gasteiger partial charge on any atom is -0.490 e. The van der Waals surface area contributed by atoms with Crippen LogP contribution in [0.3, 0.4) is 0 Å². The molecule has 0 atom stereocenters. The first-order chi connectivity index (χ1) is 8.74. The van der Waals surface area contributed by atoms with Crippen molar-refractivity contribution in [3.63, 3.8) is 0 Å². The Labute approximate surface area is 111 Å². The van der Waals surface area contributed by atoms with Gasteiger partial charge in [0, 0.05) is 6.04 Å². The van der Waals surface area contributed by atoms with Crippen LogP contribution in [0.15, 0.2) is 24.3 Å². The van der Waals surface area contributed by atoms with Gasteiger partial charge in [0.2, 0.25) is 0 Å². The van der Waals surface area contributed by atoms with Gasteiger partial charge in [-0.15, -0.1) is 0 Å². The monoisotopic (exact) mass is 247 g/mol. The molecule has 1 aliphatic carbocycles. The minimum absolute atomic E-state index is 0.457. The Morgan fingerprint density at radius 2 is 1.83 bits per heavy atom. The Bertz CT molecular complexity index is 339. The minimum atomic E-state index is 0.457. The Hall–Kier alpha value is -1.02. The highest BCUT2D eigenvalue weighted by Crippen LogP contribution is 2.24. The average Bonchev–Trinajstić information content (AvgIpc) is 2.84. The van der Waals surface area contributed by atoms with Crippen molar-refractivity contribution >= 4 is 0 Å². The smallest absolute Gasteiger partial charge is 0.119 e. The molecule has 1 fully saturated rings. The highest BCUT2D eigenvalue weighted by Gasteiger charge is 2.16. The molecule has 0 unspecified atom stereocenters. The molecule has 2 heteroatoms. The zero-order valence-corrected chi connectivity index (χ0v) is 11.6. The van der Waals surface area contributed by atoms with E-state index < -0.39 is 0 Å². The first kappa shape index (κ1) is 13.4. The van der Waals surface area contributed by atoms with Gasteiger partial charge < -0.3 is 10.1 Å². The molecule has 1 aliphatic rings. The van der Waals surface area contributed by atoms with Gasteiger partial charge in [0.25, 0.3) is 0 Å². The third-order valence-electron chi connectivity index (χ3n) is 3.49. The van der Waals surface area contributed by atoms with E-state index in [9.17, 15) is 0 Å². The maximum atomic E-state index is 5.96. The number of nitrogens with one attached hydrogen (secondary N) is 1. The second-order valence-corrected chi connectivity index (χ2v) is 5.53. The van der Waals surface area contributed by atoms with E-state index in [4.69, 9.17) is 4.74 Å². The normalized spacial score (nSPS) is 16.4. The van der Waals surface area contributed by atoms with Crippen LogP contribution >= 0.6 is 0 Å². The maximum absolute atomic E-state index is 5.96. The Morgan fingerprint density at radius 1 is 1.17 bits per heavy atom. The van der Waals surface area contributed by atoms with E-state index in [-0.39, 0.29) is 0 Å². The maximum Gasteiger partial charge on any atom is 0.119 e. The summed E-state index contributed by atoms with van der Waals surface area (Å²) in [7, 11) is 0. The summed E-state index contributed by atoms with van der Waals surface area (Å²) >= 11 is 0. The van der Waals surface area contributed by atoms with E-state index in [2.05, 4.69) is 43.4 Å². The van der Waals surface area contributed by atoms with Crippen LogP contribution in [0, 0.1) is 0 Å². The van der Waals surface area contributed by atoms with Crippen molar-refractivity contribution in [1.82, 2.24) is 5.32 Å². The molecule has 0 aromatic heterocycles. The molecular weight excluding hydrogens is 222 g/mol. The number of hydrogen-bond donors (Lipinski definition) is 1. The van der Waals surface area contributed by atoms with Crippen LogP contribution < -0.4 is 10.1 Å². The van der Waals surface area contributed by atoms with Gasteiger partial charge in [-0.1, -0.05) is 26.0 Å². The lowest BCUT2D eigenvalue weighted by atomic mass is 10.1. The summed E-state index contributed by atoms with van der Waals surface area (Å²) in [5, 5.41) is 3.44. The van der Waals surface area contributed by atoms with Crippen LogP contribution in [0.25, 0.3) is 0 Å². The molecule has 0 bridgehead atoms. The predicted molar refractivity (Wildman–Crippen MR) is 76.2 cm³/mol. The van der Waals surface area contributed by atoms with E-state index in [1.54, 1.807) is 0 Å². The van der Waals surface area contributed by atoms with Gasteiger partial charge in [-0.05, 0) is 56.3 Å². The first-order valence-electron chi connectivity index (χ1n) is 7.23. The molecule has 0 heterocycles. The van der Waals surface area contributed by atoms with Gasteiger partial charge in [0.15, 0.2) is 0 Å². The third kappa shape index (κ3) is 4.34. The zero-order valence-electron chi connectivity index (χ0n) is 11.6. The summed E-state index contributed by atoms with van der Waals surface area (Å²) in [5.41, 5.74) is 1.38. The van der Waals surface area contributed by atoms with E-state index in [1.807, 2.05) is 0 Å². The molecule has 0 radical (unpaired) electrons. The lowest BCUT2D eigenvalue weighted by Gasteiger charge is -2.13. The fraction of sp³-hybridized carbons (Fsp3) is 0.625. The lowest BCUT2D eigenvalue weighted by molar-refractivity contribution is 0.210. The van der Waals surface area contributed by atoms with Crippen molar-refractivity contribution < 1.29 is 4.74 Å². The molecule has 18 heavy (non-hydrogen) atoms. The van der Waals surface area contributed by atoms with Crippen LogP contribution in [0.1, 0.15) is 45.1 Å². The topological polar surface area (TPSA) is 21.3 Å². The predicted octanol–water partition coefficient (Wildman–Crippen LogP) is 3.55. The van der Waals surface area contributed by atoms with E-state index >= 15 is 0 Å². The highest BCUT2D eigenvalue weighted by molar-refractivity contribution is 5.27. The molecule has 1 N–H and O–H groups in total. The van der Waals surface area contributed by atoms with Crippen LogP contribution in [-0.2, 0) is 6.42 Å². The van der Waals surface area contributed by atoms with Gasteiger partial charge in [0.05, 0.1) is 6.10 Å². The SMILES string of the molecule is CC(C)NCCc1ccc(OC2CCCC2)cc1. The van der Waals surface area contributed by atoms with Gasteiger partial charge in [-0.2, -0.15) is 0 Å². The summed E-state index contributed by atoms with van der Waals surface area (Å²) in [4.78, 5) is 0. The zero-order chi connectivity index (χ0) is 12.8. The molecule has 0 saturated heterocycles. The summed E-state index contributed by atoms with van der Waals surface area (Å²) in [6.07, 6.45) is 6.63. The second kappa shape index (κ2) is 6.79. The fourth-order valence-corrected chi connectivity index (χ4v) is 2.44. The molecule has 100 valence electrons. The Morgan fingerprint density at radius 3 is 2.44 bits per heavy atom. The Balaban J connectivity index is 1.77. The van der Waals surface area contributed by atoms with Crippen molar-refractivity contribution in [2.75, 3.05) is 6.54 Å². The van der Waals surface area contributed by atoms with Crippen LogP contribution in [0.5, 0.6) is 5.75 Å². The molecular formula is C16H25NO. The number of rotatable bonds is 6. The van der Waals surface area contributed by atoms with Crippen LogP contribution in [0.2, 0.25) is 0 Å². The summed E-state index contributed by atoms with van der Waals surface area (Å²) in [5.74, 6) is 1.03. The summed E-state index contributed by atoms with van der Waals surface area (Å²) in [6, 6.07) is 9.17. The average molecular weight is 247 g/mol. The van der Waals surface area contributed by atoms with E-state index in [1.165, 1.54) is 31.2 Å². The second-order valence-electron chi connectivity index (χ2n) is 5.53. The van der Waals surface area contributed by atoms with E-state index in [0.717, 1.165) is 18.7 Å². The van der Waals surface area contributed by atoms with E-state index in [0.29, 0.717) is 12.1 Å². The fourth-order valence-electron chi connectivity index (χ4n) is 2.44. The number of ether oxygens (including phenoxy) is 1. The Kier molecular flexibility index (Phi) is 5.06. The summed E-state index contributed by atoms with van der Waals surface area (Å²) < 4.78 is 5.96. The largest absolute Gasteiger partial charge is 0.490 e. The molecule has 1 aromatic rings. The van der Waals surface area contributed by atoms with Crippen molar-refractivity contribution in [2.45, 2.75) is 58.1 Å². The van der Waals surface area contributed by atoms with Gasteiger partial charge in [-0.3, -0.25) is 0 Å². The third-order valence-corrected chi connectivity index (χ3v) is 3.49. The molecule has 0 aliphatic heterocycles. The molecule has 1 saturated carbocycles. The highest BCUT2D eigenvalue weighted by atomic mass is 16.5. The number of hydrogen-bond acceptors (Lipinski definition) is 2. The standard InChI is InChI=1S/C16H25NO/c1-13(2)17-12-11-14-7-9-16(10-8-14)18-15-5-3-4-6-15/h7-10,13,15,17H,3-6,11-12H2,1-2H3. The van der Waals surface area contributed by atoms with Crippen molar-refractivity contribution in [3.8, 4) is 5.75 Å². The number of benzene rings is 1. The van der Waals surface area contributed by atoms with Gasteiger partial charge in [0.1, 0.15) is 5.75 Å². The van der Waals surface area contributed by atoms with Crippen LogP contribution in [0.4, 0.5) is 0 Å². The molecule has 0 amide bonds. The molecule has 1 aromatic carbocycles. The molecule has 0 spiro atoms. The van der Waals surface area contributed by atoms with Crippen molar-refractivity contribution in [3.05, 3.63) is 29.8 Å². The van der Waals surface area contributed by atoms with Gasteiger partial charge in [-0.25, -0.2) is 0 Å². The molecule has 2 rings (SSSR count). The quantitative estimate of drug-likeness (QED) is 0.830. The summed E-state index contributed by atoms with van der Waals surface area (Å²) in [6.45, 7) is 5.40. The lowest BCUT2D eigenvalue weighted by Crippen LogP contribution is -2.24. The van der Waals surface area contributed by atoms with Crippen LogP contribution in [-0.4, -0.2) is 18.7 Å².